The molecule has 0 N–H and O–H groups in total. The van der Waals surface area contributed by atoms with Gasteiger partial charge in [-0.2, -0.15) is 4.98 Å². The molecule has 2 heterocycles. The highest BCUT2D eigenvalue weighted by atomic mass is 16.5. The predicted molar refractivity (Wildman–Crippen MR) is 77.0 cm³/mol. The molecule has 1 saturated carbocycles. The third-order valence-corrected chi connectivity index (χ3v) is 4.47. The van der Waals surface area contributed by atoms with Crippen LogP contribution in [0.4, 0.5) is 5.69 Å². The number of amides is 1. The average Bonchev–Trinajstić information content (AvgIpc) is 3.05. The number of aromatic nitrogens is 2. The van der Waals surface area contributed by atoms with Gasteiger partial charge < -0.3 is 9.42 Å². The predicted octanol–water partition coefficient (Wildman–Crippen LogP) is 2.86. The minimum atomic E-state index is 0.0373. The van der Waals surface area contributed by atoms with Crippen LogP contribution in [-0.4, -0.2) is 22.6 Å². The van der Waals surface area contributed by atoms with Crippen molar-refractivity contribution in [2.24, 2.45) is 0 Å². The number of nitrogens with zero attached hydrogens (tertiary/aromatic N) is 3. The molecule has 0 bridgehead atoms. The maximum absolute atomic E-state index is 12.2. The fraction of sp³-hybridized carbons (Fsp3) is 0.438. The van der Waals surface area contributed by atoms with Crippen molar-refractivity contribution in [3.05, 3.63) is 42.0 Å². The van der Waals surface area contributed by atoms with E-state index < -0.39 is 0 Å². The number of carbonyl (C=O) groups excluding carboxylic acids is 1. The van der Waals surface area contributed by atoms with Gasteiger partial charge in [-0.25, -0.2) is 0 Å². The van der Waals surface area contributed by atoms with Crippen LogP contribution < -0.4 is 4.90 Å². The van der Waals surface area contributed by atoms with Gasteiger partial charge >= 0.3 is 0 Å². The molecule has 1 saturated heterocycles. The molecule has 108 valence electrons. The summed E-state index contributed by atoms with van der Waals surface area (Å²) in [7, 11) is 0. The molecule has 2 aromatic rings. The number of rotatable bonds is 3. The van der Waals surface area contributed by atoms with Crippen LogP contribution in [0.1, 0.15) is 49.2 Å². The molecular weight excluding hydrogens is 266 g/mol. The van der Waals surface area contributed by atoms with Gasteiger partial charge in [0.15, 0.2) is 5.82 Å². The number of para-hydroxylation sites is 1. The molecule has 1 atom stereocenters. The monoisotopic (exact) mass is 283 g/mol. The lowest BCUT2D eigenvalue weighted by atomic mass is 9.85. The van der Waals surface area contributed by atoms with Gasteiger partial charge in [0.1, 0.15) is 0 Å². The second-order valence-corrected chi connectivity index (χ2v) is 5.86. The van der Waals surface area contributed by atoms with Gasteiger partial charge in [0.25, 0.3) is 0 Å². The van der Waals surface area contributed by atoms with Crippen LogP contribution in [0.2, 0.25) is 0 Å². The van der Waals surface area contributed by atoms with E-state index in [4.69, 9.17) is 4.52 Å². The Kier molecular flexibility index (Phi) is 2.98. The third-order valence-electron chi connectivity index (χ3n) is 4.47. The molecule has 2 aliphatic rings. The summed E-state index contributed by atoms with van der Waals surface area (Å²) in [6.07, 6.45) is 3.98. The quantitative estimate of drug-likeness (QED) is 0.869. The summed E-state index contributed by atoms with van der Waals surface area (Å²) in [5, 5.41) is 4.10. The SMILES string of the molecule is O=C1C[C@H](c2noc(C3CCC3)n2)CN1c1ccccc1. The summed E-state index contributed by atoms with van der Waals surface area (Å²) >= 11 is 0. The van der Waals surface area contributed by atoms with Crippen molar-refractivity contribution in [2.75, 3.05) is 11.4 Å². The average molecular weight is 283 g/mol. The van der Waals surface area contributed by atoms with E-state index in [0.717, 1.165) is 24.4 Å². The topological polar surface area (TPSA) is 59.2 Å². The van der Waals surface area contributed by atoms with E-state index >= 15 is 0 Å². The number of carbonyl (C=O) groups is 1. The normalized spacial score (nSPS) is 22.6. The Morgan fingerprint density at radius 1 is 1.14 bits per heavy atom. The van der Waals surface area contributed by atoms with Gasteiger partial charge in [-0.1, -0.05) is 29.8 Å². The van der Waals surface area contributed by atoms with Crippen LogP contribution >= 0.6 is 0 Å². The van der Waals surface area contributed by atoms with Crippen molar-refractivity contribution in [1.82, 2.24) is 10.1 Å². The van der Waals surface area contributed by atoms with Crippen LogP contribution in [0, 0.1) is 0 Å². The molecule has 2 fully saturated rings. The summed E-state index contributed by atoms with van der Waals surface area (Å²) in [4.78, 5) is 18.5. The maximum atomic E-state index is 12.2. The first-order chi connectivity index (χ1) is 10.3. The molecule has 1 aliphatic heterocycles. The van der Waals surface area contributed by atoms with E-state index in [-0.39, 0.29) is 11.8 Å². The summed E-state index contributed by atoms with van der Waals surface area (Å²) in [5.74, 6) is 2.04. The minimum Gasteiger partial charge on any atom is -0.339 e. The van der Waals surface area contributed by atoms with Gasteiger partial charge in [0.05, 0.1) is 0 Å². The van der Waals surface area contributed by atoms with E-state index in [1.807, 2.05) is 35.2 Å². The zero-order chi connectivity index (χ0) is 14.2. The van der Waals surface area contributed by atoms with E-state index in [9.17, 15) is 4.79 Å². The standard InChI is InChI=1S/C16H17N3O2/c20-14-9-12(10-19(14)13-7-2-1-3-8-13)15-17-16(21-18-15)11-5-4-6-11/h1-3,7-8,11-12H,4-6,9-10H2/t12-/m0/s1. The highest BCUT2D eigenvalue weighted by Crippen LogP contribution is 2.37. The van der Waals surface area contributed by atoms with Gasteiger partial charge in [-0.15, -0.1) is 0 Å². The fourth-order valence-electron chi connectivity index (χ4n) is 2.97. The minimum absolute atomic E-state index is 0.0373. The van der Waals surface area contributed by atoms with Gasteiger partial charge in [0.2, 0.25) is 11.8 Å². The molecule has 1 amide bonds. The highest BCUT2D eigenvalue weighted by Gasteiger charge is 2.35. The second-order valence-electron chi connectivity index (χ2n) is 5.86. The Bertz CT molecular complexity index is 649. The Hall–Kier alpha value is -2.17. The molecular formula is C16H17N3O2. The highest BCUT2D eigenvalue weighted by molar-refractivity contribution is 5.96. The van der Waals surface area contributed by atoms with Crippen molar-refractivity contribution in [1.29, 1.82) is 0 Å². The Morgan fingerprint density at radius 3 is 2.67 bits per heavy atom. The summed E-state index contributed by atoms with van der Waals surface area (Å²) in [5.41, 5.74) is 0.938. The Morgan fingerprint density at radius 2 is 1.95 bits per heavy atom. The van der Waals surface area contributed by atoms with Crippen molar-refractivity contribution in [3.63, 3.8) is 0 Å². The summed E-state index contributed by atoms with van der Waals surface area (Å²) in [6, 6.07) is 9.75. The summed E-state index contributed by atoms with van der Waals surface area (Å²) in [6.45, 7) is 0.631. The fourth-order valence-corrected chi connectivity index (χ4v) is 2.97. The van der Waals surface area contributed by atoms with Gasteiger partial charge in [0, 0.05) is 30.5 Å². The zero-order valence-electron chi connectivity index (χ0n) is 11.7. The first kappa shape index (κ1) is 12.6. The molecule has 5 nitrogen and oxygen atoms in total. The zero-order valence-corrected chi connectivity index (χ0v) is 11.7. The molecule has 1 aliphatic carbocycles. The molecule has 4 rings (SSSR count). The molecule has 1 aromatic heterocycles. The Labute approximate surface area is 123 Å². The second kappa shape index (κ2) is 4.98. The van der Waals surface area contributed by atoms with Crippen LogP contribution in [0.25, 0.3) is 0 Å². The van der Waals surface area contributed by atoms with Crippen LogP contribution in [0.3, 0.4) is 0 Å². The molecule has 0 spiro atoms. The van der Waals surface area contributed by atoms with Gasteiger partial charge in [-0.3, -0.25) is 4.79 Å². The number of hydrogen-bond donors (Lipinski definition) is 0. The lowest BCUT2D eigenvalue weighted by molar-refractivity contribution is -0.117. The Balaban J connectivity index is 1.52. The first-order valence-corrected chi connectivity index (χ1v) is 7.50. The van der Waals surface area contributed by atoms with E-state index in [0.29, 0.717) is 24.7 Å². The van der Waals surface area contributed by atoms with E-state index in [1.165, 1.54) is 6.42 Å². The lowest BCUT2D eigenvalue weighted by Gasteiger charge is -2.20. The number of benzene rings is 1. The van der Waals surface area contributed by atoms with Crippen molar-refractivity contribution in [3.8, 4) is 0 Å². The van der Waals surface area contributed by atoms with Crippen LogP contribution in [-0.2, 0) is 4.79 Å². The molecule has 21 heavy (non-hydrogen) atoms. The van der Waals surface area contributed by atoms with Crippen molar-refractivity contribution >= 4 is 11.6 Å². The number of hydrogen-bond acceptors (Lipinski definition) is 4. The molecule has 0 unspecified atom stereocenters. The van der Waals surface area contributed by atoms with Crippen molar-refractivity contribution in [2.45, 2.75) is 37.5 Å². The van der Waals surface area contributed by atoms with Crippen LogP contribution in [0.15, 0.2) is 34.9 Å². The van der Waals surface area contributed by atoms with Crippen LogP contribution in [0.5, 0.6) is 0 Å². The molecule has 5 heteroatoms. The van der Waals surface area contributed by atoms with E-state index in [2.05, 4.69) is 10.1 Å². The van der Waals surface area contributed by atoms with Gasteiger partial charge in [-0.05, 0) is 25.0 Å². The summed E-state index contributed by atoms with van der Waals surface area (Å²) < 4.78 is 5.37. The largest absolute Gasteiger partial charge is 0.339 e. The number of anilines is 1. The van der Waals surface area contributed by atoms with E-state index in [1.54, 1.807) is 0 Å². The van der Waals surface area contributed by atoms with Crippen molar-refractivity contribution < 1.29 is 9.32 Å². The third kappa shape index (κ3) is 2.22. The first-order valence-electron chi connectivity index (χ1n) is 7.50. The smallest absolute Gasteiger partial charge is 0.229 e. The maximum Gasteiger partial charge on any atom is 0.229 e. The molecule has 0 radical (unpaired) electrons. The molecule has 1 aromatic carbocycles. The lowest BCUT2D eigenvalue weighted by Crippen LogP contribution is -2.24.